The van der Waals surface area contributed by atoms with Crippen molar-refractivity contribution < 1.29 is 0 Å². The Morgan fingerprint density at radius 2 is 1.67 bits per heavy atom. The van der Waals surface area contributed by atoms with E-state index in [0.717, 1.165) is 12.8 Å². The number of benzene rings is 1. The molecular formula is C19H34N2. The zero-order valence-corrected chi connectivity index (χ0v) is 14.5. The minimum absolute atomic E-state index is 0.284. The second-order valence-electron chi connectivity index (χ2n) is 6.19. The third kappa shape index (κ3) is 6.09. The van der Waals surface area contributed by atoms with Crippen LogP contribution in [0.1, 0.15) is 64.0 Å². The zero-order valence-electron chi connectivity index (χ0n) is 14.5. The van der Waals surface area contributed by atoms with E-state index in [9.17, 15) is 0 Å². The molecule has 1 rings (SSSR count). The third-order valence-electron chi connectivity index (χ3n) is 4.19. The van der Waals surface area contributed by atoms with Gasteiger partial charge >= 0.3 is 0 Å². The van der Waals surface area contributed by atoms with Gasteiger partial charge in [0.1, 0.15) is 0 Å². The highest BCUT2D eigenvalue weighted by atomic mass is 15.1. The summed E-state index contributed by atoms with van der Waals surface area (Å²) in [5.41, 5.74) is 10.2. The molecule has 1 aromatic carbocycles. The summed E-state index contributed by atoms with van der Waals surface area (Å²) in [5.74, 6) is 0. The number of aryl methyl sites for hydroxylation is 1. The van der Waals surface area contributed by atoms with Gasteiger partial charge in [0, 0.05) is 24.8 Å². The summed E-state index contributed by atoms with van der Waals surface area (Å²) in [6.45, 7) is 11.3. The van der Waals surface area contributed by atoms with Gasteiger partial charge < -0.3 is 10.6 Å². The molecule has 0 aliphatic rings. The predicted molar refractivity (Wildman–Crippen MR) is 95.2 cm³/mol. The van der Waals surface area contributed by atoms with Gasteiger partial charge in [-0.25, -0.2) is 0 Å². The van der Waals surface area contributed by atoms with E-state index >= 15 is 0 Å². The molecular weight excluding hydrogens is 256 g/mol. The molecule has 0 amide bonds. The van der Waals surface area contributed by atoms with Crippen LogP contribution in [-0.4, -0.2) is 19.1 Å². The maximum absolute atomic E-state index is 6.07. The second kappa shape index (κ2) is 9.83. The van der Waals surface area contributed by atoms with E-state index in [0.29, 0.717) is 0 Å². The normalized spacial score (nSPS) is 12.4. The van der Waals surface area contributed by atoms with E-state index in [-0.39, 0.29) is 6.04 Å². The highest BCUT2D eigenvalue weighted by Crippen LogP contribution is 2.23. The first-order chi connectivity index (χ1) is 10.1. The predicted octanol–water partition coefficient (Wildman–Crippen LogP) is 4.68. The molecule has 0 fully saturated rings. The molecule has 0 aromatic heterocycles. The fraction of sp³-hybridized carbons (Fsp3) is 0.684. The largest absolute Gasteiger partial charge is 0.371 e. The van der Waals surface area contributed by atoms with Crippen LogP contribution in [-0.2, 0) is 6.42 Å². The lowest BCUT2D eigenvalue weighted by Crippen LogP contribution is -2.26. The van der Waals surface area contributed by atoms with Gasteiger partial charge in [-0.1, -0.05) is 45.7 Å². The fourth-order valence-corrected chi connectivity index (χ4v) is 2.70. The van der Waals surface area contributed by atoms with Crippen molar-refractivity contribution in [2.45, 2.75) is 72.3 Å². The number of nitrogens with zero attached hydrogens (tertiary/aromatic N) is 1. The van der Waals surface area contributed by atoms with Gasteiger partial charge in [-0.3, -0.25) is 0 Å². The highest BCUT2D eigenvalue weighted by molar-refractivity contribution is 5.54. The smallest absolute Gasteiger partial charge is 0.0396 e. The van der Waals surface area contributed by atoms with Crippen molar-refractivity contribution in [3.05, 3.63) is 29.3 Å². The van der Waals surface area contributed by atoms with Crippen LogP contribution in [0, 0.1) is 6.92 Å². The fourth-order valence-electron chi connectivity index (χ4n) is 2.70. The van der Waals surface area contributed by atoms with Crippen LogP contribution in [0.15, 0.2) is 18.2 Å². The highest BCUT2D eigenvalue weighted by Gasteiger charge is 2.10. The summed E-state index contributed by atoms with van der Waals surface area (Å²) in [6, 6.07) is 7.18. The molecule has 2 N–H and O–H groups in total. The molecule has 1 unspecified atom stereocenters. The van der Waals surface area contributed by atoms with Crippen LogP contribution in [0.4, 0.5) is 5.69 Å². The SMILES string of the molecule is CCCCN(CCCC)c1ccc(CC(N)CC)cc1C. The molecule has 1 atom stereocenters. The van der Waals surface area contributed by atoms with Gasteiger partial charge in [0.15, 0.2) is 0 Å². The molecule has 0 bridgehead atoms. The lowest BCUT2D eigenvalue weighted by molar-refractivity contribution is 0.645. The average Bonchev–Trinajstić information content (AvgIpc) is 2.48. The summed E-state index contributed by atoms with van der Waals surface area (Å²) in [5, 5.41) is 0. The summed E-state index contributed by atoms with van der Waals surface area (Å²) in [7, 11) is 0. The first-order valence-electron chi connectivity index (χ1n) is 8.72. The second-order valence-corrected chi connectivity index (χ2v) is 6.19. The Hall–Kier alpha value is -1.02. The maximum Gasteiger partial charge on any atom is 0.0396 e. The van der Waals surface area contributed by atoms with Gasteiger partial charge in [0.2, 0.25) is 0 Å². The van der Waals surface area contributed by atoms with E-state index in [2.05, 4.69) is 50.8 Å². The van der Waals surface area contributed by atoms with Crippen molar-refractivity contribution in [2.24, 2.45) is 5.73 Å². The van der Waals surface area contributed by atoms with Crippen molar-refractivity contribution >= 4 is 5.69 Å². The van der Waals surface area contributed by atoms with Crippen molar-refractivity contribution in [3.63, 3.8) is 0 Å². The average molecular weight is 290 g/mol. The minimum Gasteiger partial charge on any atom is -0.371 e. The lowest BCUT2D eigenvalue weighted by Gasteiger charge is -2.27. The Bertz CT molecular complexity index is 393. The van der Waals surface area contributed by atoms with Crippen molar-refractivity contribution in [1.82, 2.24) is 0 Å². The Morgan fingerprint density at radius 3 is 2.14 bits per heavy atom. The maximum atomic E-state index is 6.07. The number of hydrogen-bond donors (Lipinski definition) is 1. The molecule has 21 heavy (non-hydrogen) atoms. The van der Waals surface area contributed by atoms with Gasteiger partial charge in [-0.15, -0.1) is 0 Å². The third-order valence-corrected chi connectivity index (χ3v) is 4.19. The molecule has 0 aliphatic carbocycles. The number of hydrogen-bond acceptors (Lipinski definition) is 2. The van der Waals surface area contributed by atoms with Crippen LogP contribution in [0.25, 0.3) is 0 Å². The Kier molecular flexibility index (Phi) is 8.44. The minimum atomic E-state index is 0.284. The Balaban J connectivity index is 2.82. The molecule has 0 heterocycles. The van der Waals surface area contributed by atoms with E-state index in [4.69, 9.17) is 5.73 Å². The molecule has 0 saturated carbocycles. The topological polar surface area (TPSA) is 29.3 Å². The zero-order chi connectivity index (χ0) is 15.7. The molecule has 2 heteroatoms. The van der Waals surface area contributed by atoms with Crippen LogP contribution in [0.3, 0.4) is 0 Å². The molecule has 0 saturated heterocycles. The van der Waals surface area contributed by atoms with Crippen molar-refractivity contribution in [2.75, 3.05) is 18.0 Å². The van der Waals surface area contributed by atoms with E-state index < -0.39 is 0 Å². The molecule has 0 spiro atoms. The van der Waals surface area contributed by atoms with E-state index in [1.54, 1.807) is 0 Å². The number of nitrogens with two attached hydrogens (primary N) is 1. The Labute approximate surface area is 131 Å². The van der Waals surface area contributed by atoms with Crippen LogP contribution < -0.4 is 10.6 Å². The van der Waals surface area contributed by atoms with E-state index in [1.807, 2.05) is 0 Å². The van der Waals surface area contributed by atoms with Crippen molar-refractivity contribution in [3.8, 4) is 0 Å². The molecule has 0 radical (unpaired) electrons. The van der Waals surface area contributed by atoms with Crippen LogP contribution >= 0.6 is 0 Å². The van der Waals surface area contributed by atoms with Gasteiger partial charge in [0.05, 0.1) is 0 Å². The number of anilines is 1. The van der Waals surface area contributed by atoms with Gasteiger partial charge in [-0.05, 0) is 49.8 Å². The summed E-state index contributed by atoms with van der Waals surface area (Å²) < 4.78 is 0. The standard InChI is InChI=1S/C19H34N2/c1-5-8-12-21(13-9-6-2)19-11-10-17(14-16(19)4)15-18(20)7-3/h10-11,14,18H,5-9,12-13,15,20H2,1-4H3. The molecule has 1 aromatic rings. The van der Waals surface area contributed by atoms with Crippen molar-refractivity contribution in [1.29, 1.82) is 0 Å². The summed E-state index contributed by atoms with van der Waals surface area (Å²) in [4.78, 5) is 2.56. The summed E-state index contributed by atoms with van der Waals surface area (Å²) in [6.07, 6.45) is 7.08. The number of rotatable bonds is 10. The van der Waals surface area contributed by atoms with Crippen LogP contribution in [0.5, 0.6) is 0 Å². The van der Waals surface area contributed by atoms with Gasteiger partial charge in [0.25, 0.3) is 0 Å². The molecule has 0 aliphatic heterocycles. The molecule has 120 valence electrons. The molecule has 2 nitrogen and oxygen atoms in total. The first-order valence-corrected chi connectivity index (χ1v) is 8.72. The van der Waals surface area contributed by atoms with E-state index in [1.165, 1.54) is 55.6 Å². The first kappa shape index (κ1) is 18.0. The quantitative estimate of drug-likeness (QED) is 0.678. The Morgan fingerprint density at radius 1 is 1.05 bits per heavy atom. The lowest BCUT2D eigenvalue weighted by atomic mass is 10.0. The summed E-state index contributed by atoms with van der Waals surface area (Å²) >= 11 is 0. The van der Waals surface area contributed by atoms with Gasteiger partial charge in [-0.2, -0.15) is 0 Å². The monoisotopic (exact) mass is 290 g/mol. The number of unbranched alkanes of at least 4 members (excludes halogenated alkanes) is 2. The van der Waals surface area contributed by atoms with Crippen LogP contribution in [0.2, 0.25) is 0 Å².